The maximum Gasteiger partial charge on any atom is 0.341 e. The van der Waals surface area contributed by atoms with Crippen LogP contribution in [-0.2, 0) is 11.3 Å². The van der Waals surface area contributed by atoms with Gasteiger partial charge in [0.15, 0.2) is 5.76 Å². The van der Waals surface area contributed by atoms with Crippen molar-refractivity contribution in [2.45, 2.75) is 6.61 Å². The number of benzene rings is 2. The molecule has 7 heteroatoms. The summed E-state index contributed by atoms with van der Waals surface area (Å²) < 4.78 is 49.9. The molecule has 0 atom stereocenters. The summed E-state index contributed by atoms with van der Waals surface area (Å²) in [6.45, 7) is -0.278. The number of carbonyl (C=O) groups is 1. The van der Waals surface area contributed by atoms with Gasteiger partial charge in [-0.3, -0.25) is 0 Å². The summed E-state index contributed by atoms with van der Waals surface area (Å²) in [6, 6.07) is 9.75. The summed E-state index contributed by atoms with van der Waals surface area (Å²) in [4.78, 5) is 11.8. The second-order valence-electron chi connectivity index (χ2n) is 4.86. The molecule has 0 fully saturated rings. The van der Waals surface area contributed by atoms with Gasteiger partial charge in [-0.25, -0.2) is 18.0 Å². The molecule has 0 unspecified atom stereocenters. The standard InChI is InChI=1S/C17H10F3NO3/c18-10-5-6-12(15(20)7-10)16-8-11(21-24-16)9-23-17(22)13-3-1-2-4-14(13)19/h1-8H,9H2. The fourth-order valence-corrected chi connectivity index (χ4v) is 2.04. The van der Waals surface area contributed by atoms with E-state index in [0.717, 1.165) is 18.2 Å². The normalized spacial score (nSPS) is 10.6. The molecule has 0 radical (unpaired) electrons. The summed E-state index contributed by atoms with van der Waals surface area (Å²) in [5.74, 6) is -3.01. The summed E-state index contributed by atoms with van der Waals surface area (Å²) >= 11 is 0. The molecule has 4 nitrogen and oxygen atoms in total. The lowest BCUT2D eigenvalue weighted by molar-refractivity contribution is 0.0459. The second-order valence-corrected chi connectivity index (χ2v) is 4.86. The van der Waals surface area contributed by atoms with E-state index in [4.69, 9.17) is 9.26 Å². The second kappa shape index (κ2) is 6.57. The third-order valence-electron chi connectivity index (χ3n) is 3.20. The maximum absolute atomic E-state index is 13.7. The highest BCUT2D eigenvalue weighted by Crippen LogP contribution is 2.24. The minimum Gasteiger partial charge on any atom is -0.455 e. The van der Waals surface area contributed by atoms with E-state index in [1.165, 1.54) is 30.3 Å². The van der Waals surface area contributed by atoms with Crippen LogP contribution in [0.3, 0.4) is 0 Å². The van der Waals surface area contributed by atoms with Gasteiger partial charge in [0.25, 0.3) is 0 Å². The van der Waals surface area contributed by atoms with Crippen LogP contribution in [0.4, 0.5) is 13.2 Å². The SMILES string of the molecule is O=C(OCc1cc(-c2ccc(F)cc2F)on1)c1ccccc1F. The Morgan fingerprint density at radius 2 is 1.83 bits per heavy atom. The minimum absolute atomic E-state index is 0.0237. The van der Waals surface area contributed by atoms with Crippen molar-refractivity contribution in [2.24, 2.45) is 0 Å². The Hall–Kier alpha value is -3.09. The van der Waals surface area contributed by atoms with Crippen LogP contribution in [0.15, 0.2) is 53.1 Å². The van der Waals surface area contributed by atoms with E-state index in [-0.39, 0.29) is 29.2 Å². The Kier molecular flexibility index (Phi) is 4.33. The molecule has 0 saturated heterocycles. The Morgan fingerprint density at radius 3 is 2.58 bits per heavy atom. The lowest BCUT2D eigenvalue weighted by Crippen LogP contribution is -2.07. The van der Waals surface area contributed by atoms with Crippen molar-refractivity contribution in [2.75, 3.05) is 0 Å². The molecule has 1 aromatic heterocycles. The van der Waals surface area contributed by atoms with Crippen molar-refractivity contribution < 1.29 is 27.2 Å². The number of nitrogens with zero attached hydrogens (tertiary/aromatic N) is 1. The average molecular weight is 333 g/mol. The van der Waals surface area contributed by atoms with Crippen LogP contribution < -0.4 is 0 Å². The number of ether oxygens (including phenoxy) is 1. The third-order valence-corrected chi connectivity index (χ3v) is 3.20. The Bertz CT molecular complexity index is 892. The molecule has 3 rings (SSSR count). The quantitative estimate of drug-likeness (QED) is 0.674. The Morgan fingerprint density at radius 1 is 1.04 bits per heavy atom. The van der Waals surface area contributed by atoms with Crippen molar-refractivity contribution in [3.8, 4) is 11.3 Å². The first-order valence-corrected chi connectivity index (χ1v) is 6.87. The average Bonchev–Trinajstić information content (AvgIpc) is 3.01. The van der Waals surface area contributed by atoms with Gasteiger partial charge in [0.1, 0.15) is 29.8 Å². The molecule has 0 bridgehead atoms. The fourth-order valence-electron chi connectivity index (χ4n) is 2.04. The molecule has 2 aromatic carbocycles. The molecular weight excluding hydrogens is 323 g/mol. The molecule has 0 aliphatic carbocycles. The summed E-state index contributed by atoms with van der Waals surface area (Å²) in [5.41, 5.74) is 0.0276. The molecule has 3 aromatic rings. The Labute approximate surface area is 134 Å². The number of rotatable bonds is 4. The van der Waals surface area contributed by atoms with Crippen LogP contribution in [0.25, 0.3) is 11.3 Å². The van der Waals surface area contributed by atoms with Gasteiger partial charge in [0.2, 0.25) is 0 Å². The topological polar surface area (TPSA) is 52.3 Å². The van der Waals surface area contributed by atoms with Crippen LogP contribution in [0.2, 0.25) is 0 Å². The monoisotopic (exact) mass is 333 g/mol. The molecule has 0 aliphatic rings. The van der Waals surface area contributed by atoms with Gasteiger partial charge in [-0.2, -0.15) is 0 Å². The highest BCUT2D eigenvalue weighted by atomic mass is 19.1. The Balaban J connectivity index is 1.70. The van der Waals surface area contributed by atoms with Crippen LogP contribution in [0, 0.1) is 17.5 Å². The van der Waals surface area contributed by atoms with Crippen molar-refractivity contribution in [3.05, 3.63) is 77.2 Å². The zero-order valence-electron chi connectivity index (χ0n) is 12.1. The van der Waals surface area contributed by atoms with Crippen molar-refractivity contribution >= 4 is 5.97 Å². The molecular formula is C17H10F3NO3. The highest BCUT2D eigenvalue weighted by molar-refractivity contribution is 5.89. The number of hydrogen-bond donors (Lipinski definition) is 0. The van der Waals surface area contributed by atoms with Gasteiger partial charge in [-0.15, -0.1) is 0 Å². The molecule has 0 N–H and O–H groups in total. The smallest absolute Gasteiger partial charge is 0.341 e. The van der Waals surface area contributed by atoms with Crippen molar-refractivity contribution in [1.82, 2.24) is 5.16 Å². The molecule has 0 saturated carbocycles. The van der Waals surface area contributed by atoms with E-state index in [9.17, 15) is 18.0 Å². The molecule has 1 heterocycles. The third kappa shape index (κ3) is 3.29. The van der Waals surface area contributed by atoms with E-state index in [2.05, 4.69) is 5.16 Å². The maximum atomic E-state index is 13.7. The molecule has 24 heavy (non-hydrogen) atoms. The van der Waals surface area contributed by atoms with Crippen molar-refractivity contribution in [3.63, 3.8) is 0 Å². The number of halogens is 3. The van der Waals surface area contributed by atoms with Crippen LogP contribution >= 0.6 is 0 Å². The molecule has 0 spiro atoms. The van der Waals surface area contributed by atoms with E-state index in [1.54, 1.807) is 0 Å². The van der Waals surface area contributed by atoms with E-state index in [1.807, 2.05) is 0 Å². The van der Waals surface area contributed by atoms with E-state index in [0.29, 0.717) is 0 Å². The summed E-state index contributed by atoms with van der Waals surface area (Å²) in [6.07, 6.45) is 0. The number of aromatic nitrogens is 1. The molecule has 122 valence electrons. The lowest BCUT2D eigenvalue weighted by Gasteiger charge is -2.03. The van der Waals surface area contributed by atoms with Crippen LogP contribution in [0.1, 0.15) is 16.1 Å². The lowest BCUT2D eigenvalue weighted by atomic mass is 10.1. The number of esters is 1. The van der Waals surface area contributed by atoms with Gasteiger partial charge < -0.3 is 9.26 Å². The van der Waals surface area contributed by atoms with Gasteiger partial charge in [0, 0.05) is 12.1 Å². The molecule has 0 aliphatic heterocycles. The zero-order valence-corrected chi connectivity index (χ0v) is 12.1. The first-order chi connectivity index (χ1) is 11.5. The number of hydrogen-bond acceptors (Lipinski definition) is 4. The minimum atomic E-state index is -0.856. The van der Waals surface area contributed by atoms with Crippen LogP contribution in [-0.4, -0.2) is 11.1 Å². The predicted molar refractivity (Wildman–Crippen MR) is 77.4 cm³/mol. The molecule has 0 amide bonds. The van der Waals surface area contributed by atoms with E-state index < -0.39 is 23.4 Å². The van der Waals surface area contributed by atoms with Gasteiger partial charge >= 0.3 is 5.97 Å². The fraction of sp³-hybridized carbons (Fsp3) is 0.0588. The van der Waals surface area contributed by atoms with Crippen LogP contribution in [0.5, 0.6) is 0 Å². The van der Waals surface area contributed by atoms with Gasteiger partial charge in [-0.05, 0) is 24.3 Å². The zero-order chi connectivity index (χ0) is 17.1. The summed E-state index contributed by atoms with van der Waals surface area (Å²) in [5, 5.41) is 3.64. The number of carbonyl (C=O) groups excluding carboxylic acids is 1. The van der Waals surface area contributed by atoms with Crippen molar-refractivity contribution in [1.29, 1.82) is 0 Å². The van der Waals surface area contributed by atoms with Gasteiger partial charge in [0.05, 0.1) is 11.1 Å². The first kappa shape index (κ1) is 15.8. The van der Waals surface area contributed by atoms with E-state index >= 15 is 0 Å². The largest absolute Gasteiger partial charge is 0.455 e. The van der Waals surface area contributed by atoms with Gasteiger partial charge in [-0.1, -0.05) is 17.3 Å². The first-order valence-electron chi connectivity index (χ1n) is 6.87. The predicted octanol–water partition coefficient (Wildman–Crippen LogP) is 4.12. The highest BCUT2D eigenvalue weighted by Gasteiger charge is 2.15. The summed E-state index contributed by atoms with van der Waals surface area (Å²) in [7, 11) is 0.